The Bertz CT molecular complexity index is 886. The molecule has 0 aliphatic carbocycles. The number of benzene rings is 2. The summed E-state index contributed by atoms with van der Waals surface area (Å²) < 4.78 is 26.0. The second kappa shape index (κ2) is 7.82. The van der Waals surface area contributed by atoms with Crippen molar-refractivity contribution in [3.63, 3.8) is 0 Å². The first kappa shape index (κ1) is 20.2. The monoisotopic (exact) mass is 386 g/mol. The lowest BCUT2D eigenvalue weighted by Gasteiger charge is -2.19. The second-order valence-corrected chi connectivity index (χ2v) is 8.29. The Kier molecular flexibility index (Phi) is 5.64. The number of halogens is 1. The van der Waals surface area contributed by atoms with Crippen molar-refractivity contribution in [2.24, 2.45) is 0 Å². The molecule has 0 aromatic heterocycles. The summed E-state index contributed by atoms with van der Waals surface area (Å²) >= 11 is 0. The van der Waals surface area contributed by atoms with Gasteiger partial charge in [-0.3, -0.25) is 4.79 Å². The fraction of sp³-hybridized carbons (Fsp3) is 0.435. The fourth-order valence-electron chi connectivity index (χ4n) is 3.68. The zero-order valence-electron chi connectivity index (χ0n) is 16.8. The van der Waals surface area contributed by atoms with Crippen molar-refractivity contribution in [3.05, 3.63) is 58.4 Å². The molecule has 4 nitrogen and oxygen atoms in total. The predicted molar refractivity (Wildman–Crippen MR) is 106 cm³/mol. The minimum atomic E-state index is -0.807. The highest BCUT2D eigenvalue weighted by Gasteiger charge is 2.32. The van der Waals surface area contributed by atoms with Crippen LogP contribution in [0.3, 0.4) is 0 Å². The van der Waals surface area contributed by atoms with Crippen LogP contribution in [-0.4, -0.2) is 16.7 Å². The van der Waals surface area contributed by atoms with Gasteiger partial charge >= 0.3 is 5.97 Å². The van der Waals surface area contributed by atoms with E-state index in [0.717, 1.165) is 16.7 Å². The van der Waals surface area contributed by atoms with Gasteiger partial charge in [-0.15, -0.1) is 0 Å². The van der Waals surface area contributed by atoms with E-state index < -0.39 is 5.97 Å². The number of hydrogen-bond donors (Lipinski definition) is 1. The van der Waals surface area contributed by atoms with Gasteiger partial charge < -0.3 is 14.6 Å². The van der Waals surface area contributed by atoms with Crippen LogP contribution in [0.2, 0.25) is 0 Å². The number of aryl methyl sites for hydroxylation is 1. The Balaban J connectivity index is 1.79. The zero-order chi connectivity index (χ0) is 20.5. The van der Waals surface area contributed by atoms with Crippen LogP contribution in [0.5, 0.6) is 11.5 Å². The Labute approximate surface area is 165 Å². The number of fused-ring (bicyclic) bond motifs is 1. The van der Waals surface area contributed by atoms with Crippen molar-refractivity contribution in [3.8, 4) is 11.5 Å². The SMILES string of the molecule is CC(C)c1cc(OCc2cc(F)cc3c2OC(C)(C)C3)ccc1CCC(=O)O. The van der Waals surface area contributed by atoms with Gasteiger partial charge in [-0.2, -0.15) is 0 Å². The average molecular weight is 386 g/mol. The average Bonchev–Trinajstić information content (AvgIpc) is 2.91. The molecule has 1 heterocycles. The first-order valence-electron chi connectivity index (χ1n) is 9.62. The Hall–Kier alpha value is -2.56. The van der Waals surface area contributed by atoms with Crippen molar-refractivity contribution in [1.29, 1.82) is 0 Å². The van der Waals surface area contributed by atoms with Gasteiger partial charge in [-0.25, -0.2) is 4.39 Å². The van der Waals surface area contributed by atoms with E-state index in [1.54, 1.807) is 0 Å². The van der Waals surface area contributed by atoms with Gasteiger partial charge in [0.15, 0.2) is 0 Å². The zero-order valence-corrected chi connectivity index (χ0v) is 16.8. The first-order chi connectivity index (χ1) is 13.1. The minimum absolute atomic E-state index is 0.0997. The number of rotatable bonds is 7. The predicted octanol–water partition coefficient (Wildman–Crippen LogP) is 5.26. The molecule has 28 heavy (non-hydrogen) atoms. The van der Waals surface area contributed by atoms with E-state index in [1.807, 2.05) is 32.0 Å². The molecule has 1 aliphatic heterocycles. The van der Waals surface area contributed by atoms with E-state index in [1.165, 1.54) is 12.1 Å². The molecule has 3 rings (SSSR count). The summed E-state index contributed by atoms with van der Waals surface area (Å²) in [5, 5.41) is 8.94. The number of carboxylic acid groups (broad SMARTS) is 1. The highest BCUT2D eigenvalue weighted by atomic mass is 19.1. The minimum Gasteiger partial charge on any atom is -0.489 e. The van der Waals surface area contributed by atoms with Gasteiger partial charge in [0.1, 0.15) is 29.5 Å². The molecule has 0 spiro atoms. The van der Waals surface area contributed by atoms with Crippen LogP contribution in [0.15, 0.2) is 30.3 Å². The van der Waals surface area contributed by atoms with E-state index >= 15 is 0 Å². The molecule has 150 valence electrons. The van der Waals surface area contributed by atoms with Crippen molar-refractivity contribution < 1.29 is 23.8 Å². The number of carbonyl (C=O) groups is 1. The second-order valence-electron chi connectivity index (χ2n) is 8.29. The maximum absolute atomic E-state index is 14.0. The third kappa shape index (κ3) is 4.64. The van der Waals surface area contributed by atoms with Crippen LogP contribution < -0.4 is 9.47 Å². The molecule has 0 atom stereocenters. The van der Waals surface area contributed by atoms with Gasteiger partial charge in [-0.1, -0.05) is 19.9 Å². The molecule has 0 unspecified atom stereocenters. The lowest BCUT2D eigenvalue weighted by molar-refractivity contribution is -0.136. The Morgan fingerprint density at radius 2 is 2.00 bits per heavy atom. The summed E-state index contributed by atoms with van der Waals surface area (Å²) in [5.41, 5.74) is 3.31. The molecule has 0 amide bonds. The molecular formula is C23H27FO4. The number of carboxylic acids is 1. The van der Waals surface area contributed by atoms with Crippen molar-refractivity contribution >= 4 is 5.97 Å². The maximum Gasteiger partial charge on any atom is 0.303 e. The Morgan fingerprint density at radius 1 is 1.25 bits per heavy atom. The molecule has 0 fully saturated rings. The van der Waals surface area contributed by atoms with Crippen molar-refractivity contribution in [1.82, 2.24) is 0 Å². The molecule has 0 radical (unpaired) electrons. The molecule has 1 aliphatic rings. The summed E-state index contributed by atoms with van der Waals surface area (Å²) in [7, 11) is 0. The van der Waals surface area contributed by atoms with Crippen LogP contribution in [-0.2, 0) is 24.2 Å². The highest BCUT2D eigenvalue weighted by molar-refractivity contribution is 5.67. The van der Waals surface area contributed by atoms with Crippen LogP contribution in [0.1, 0.15) is 62.3 Å². The molecule has 5 heteroatoms. The van der Waals surface area contributed by atoms with Crippen LogP contribution in [0.25, 0.3) is 0 Å². The highest BCUT2D eigenvalue weighted by Crippen LogP contribution is 2.39. The largest absolute Gasteiger partial charge is 0.489 e. The first-order valence-corrected chi connectivity index (χ1v) is 9.62. The van der Waals surface area contributed by atoms with Gasteiger partial charge in [0.05, 0.1) is 0 Å². The van der Waals surface area contributed by atoms with Gasteiger partial charge in [-0.05, 0) is 61.6 Å². The van der Waals surface area contributed by atoms with Gasteiger partial charge in [0, 0.05) is 24.0 Å². The van der Waals surface area contributed by atoms with E-state index in [4.69, 9.17) is 14.6 Å². The maximum atomic E-state index is 14.0. The van der Waals surface area contributed by atoms with Crippen molar-refractivity contribution in [2.75, 3.05) is 0 Å². The van der Waals surface area contributed by atoms with Crippen LogP contribution in [0, 0.1) is 5.82 Å². The van der Waals surface area contributed by atoms with E-state index in [2.05, 4.69) is 13.8 Å². The fourth-order valence-corrected chi connectivity index (χ4v) is 3.68. The smallest absolute Gasteiger partial charge is 0.303 e. The summed E-state index contributed by atoms with van der Waals surface area (Å²) in [6.45, 7) is 8.32. The topological polar surface area (TPSA) is 55.8 Å². The van der Waals surface area contributed by atoms with Crippen LogP contribution >= 0.6 is 0 Å². The molecular weight excluding hydrogens is 359 g/mol. The van der Waals surface area contributed by atoms with E-state index in [-0.39, 0.29) is 30.4 Å². The molecule has 1 N–H and O–H groups in total. The normalized spacial score (nSPS) is 14.6. The number of aliphatic carboxylic acids is 1. The molecule has 0 saturated carbocycles. The third-order valence-electron chi connectivity index (χ3n) is 4.94. The summed E-state index contributed by atoms with van der Waals surface area (Å²) in [6.07, 6.45) is 1.26. The van der Waals surface area contributed by atoms with Crippen LogP contribution in [0.4, 0.5) is 4.39 Å². The summed E-state index contributed by atoms with van der Waals surface area (Å²) in [4.78, 5) is 10.9. The molecule has 0 saturated heterocycles. The van der Waals surface area contributed by atoms with Gasteiger partial charge in [0.25, 0.3) is 0 Å². The molecule has 0 bridgehead atoms. The van der Waals surface area contributed by atoms with Crippen molar-refractivity contribution in [2.45, 2.75) is 65.1 Å². The lowest BCUT2D eigenvalue weighted by Crippen LogP contribution is -2.25. The third-order valence-corrected chi connectivity index (χ3v) is 4.94. The number of hydrogen-bond acceptors (Lipinski definition) is 3. The molecule has 2 aromatic rings. The summed E-state index contributed by atoms with van der Waals surface area (Å²) in [5.74, 6) is 0.546. The van der Waals surface area contributed by atoms with Gasteiger partial charge in [0.2, 0.25) is 0 Å². The lowest BCUT2D eigenvalue weighted by atomic mass is 9.94. The quantitative estimate of drug-likeness (QED) is 0.705. The van der Waals surface area contributed by atoms with E-state index in [9.17, 15) is 9.18 Å². The number of ether oxygens (including phenoxy) is 2. The summed E-state index contributed by atoms with van der Waals surface area (Å²) in [6, 6.07) is 8.70. The molecule has 2 aromatic carbocycles. The Morgan fingerprint density at radius 3 is 2.68 bits per heavy atom. The standard InChI is InChI=1S/C23H27FO4/c1-14(2)20-11-19(7-5-15(20)6-8-21(25)26)27-13-17-10-18(24)9-16-12-23(3,4)28-22(16)17/h5,7,9-11,14H,6,8,12-13H2,1-4H3,(H,25,26). The van der Waals surface area contributed by atoms with E-state index in [0.29, 0.717) is 29.9 Å².